The number of rotatable bonds is 7. The number of amides is 1. The zero-order chi connectivity index (χ0) is 19.8. The first-order valence-electron chi connectivity index (χ1n) is 8.46. The van der Waals surface area contributed by atoms with Gasteiger partial charge in [-0.05, 0) is 42.0 Å². The summed E-state index contributed by atoms with van der Waals surface area (Å²) in [6.45, 7) is -0.00196. The first-order valence-corrected chi connectivity index (χ1v) is 8.84. The number of benzene rings is 2. The lowest BCUT2D eigenvalue weighted by molar-refractivity contribution is -0.119. The average molecular weight is 397 g/mol. The number of halogens is 1. The van der Waals surface area contributed by atoms with Gasteiger partial charge in [0.2, 0.25) is 0 Å². The molecule has 1 N–H and O–H groups in total. The van der Waals surface area contributed by atoms with Crippen molar-refractivity contribution >= 4 is 29.2 Å². The van der Waals surface area contributed by atoms with Crippen molar-refractivity contribution in [3.8, 4) is 5.75 Å². The molecular formula is C21H17ClN2O4. The number of pyridine rings is 1. The molecule has 0 unspecified atom stereocenters. The lowest BCUT2D eigenvalue weighted by Crippen LogP contribution is -2.21. The lowest BCUT2D eigenvalue weighted by Gasteiger charge is -2.09. The van der Waals surface area contributed by atoms with E-state index in [2.05, 4.69) is 10.3 Å². The fourth-order valence-electron chi connectivity index (χ4n) is 2.31. The molecule has 7 heteroatoms. The van der Waals surface area contributed by atoms with Crippen LogP contribution in [0.5, 0.6) is 5.75 Å². The smallest absolute Gasteiger partial charge is 0.338 e. The van der Waals surface area contributed by atoms with E-state index in [9.17, 15) is 9.59 Å². The predicted molar refractivity (Wildman–Crippen MR) is 105 cm³/mol. The number of anilines is 1. The molecule has 0 saturated heterocycles. The van der Waals surface area contributed by atoms with Crippen LogP contribution in [-0.2, 0) is 16.1 Å². The van der Waals surface area contributed by atoms with Crippen molar-refractivity contribution in [2.45, 2.75) is 6.61 Å². The zero-order valence-corrected chi connectivity index (χ0v) is 15.6. The van der Waals surface area contributed by atoms with Gasteiger partial charge in [-0.15, -0.1) is 0 Å². The van der Waals surface area contributed by atoms with Crippen LogP contribution in [0.4, 0.5) is 5.69 Å². The Bertz CT molecular complexity index is 946. The highest BCUT2D eigenvalue weighted by Crippen LogP contribution is 2.17. The van der Waals surface area contributed by atoms with Crippen molar-refractivity contribution in [2.75, 3.05) is 11.9 Å². The van der Waals surface area contributed by atoms with Crippen LogP contribution in [0, 0.1) is 0 Å². The van der Waals surface area contributed by atoms with Gasteiger partial charge in [0.15, 0.2) is 11.8 Å². The van der Waals surface area contributed by atoms with Crippen LogP contribution in [0.25, 0.3) is 0 Å². The molecule has 0 bridgehead atoms. The van der Waals surface area contributed by atoms with Gasteiger partial charge in [0.25, 0.3) is 5.91 Å². The molecule has 0 saturated carbocycles. The van der Waals surface area contributed by atoms with Crippen LogP contribution in [0.2, 0.25) is 5.15 Å². The van der Waals surface area contributed by atoms with Crippen LogP contribution < -0.4 is 10.1 Å². The number of esters is 1. The van der Waals surface area contributed by atoms with Crippen LogP contribution in [0.1, 0.15) is 15.9 Å². The molecule has 3 rings (SSSR count). The van der Waals surface area contributed by atoms with Gasteiger partial charge in [-0.2, -0.15) is 0 Å². The van der Waals surface area contributed by atoms with E-state index in [1.165, 1.54) is 6.20 Å². The fraction of sp³-hybridized carbons (Fsp3) is 0.0952. The number of ether oxygens (including phenoxy) is 2. The van der Waals surface area contributed by atoms with Crippen molar-refractivity contribution in [3.63, 3.8) is 0 Å². The highest BCUT2D eigenvalue weighted by Gasteiger charge is 2.12. The molecule has 0 atom stereocenters. The summed E-state index contributed by atoms with van der Waals surface area (Å²) in [5, 5.41) is 2.69. The number of aromatic nitrogens is 1. The van der Waals surface area contributed by atoms with Crippen molar-refractivity contribution in [3.05, 3.63) is 89.2 Å². The second kappa shape index (κ2) is 9.53. The van der Waals surface area contributed by atoms with Crippen LogP contribution in [0.3, 0.4) is 0 Å². The Morgan fingerprint density at radius 2 is 1.71 bits per heavy atom. The second-order valence-electron chi connectivity index (χ2n) is 5.76. The van der Waals surface area contributed by atoms with Crippen molar-refractivity contribution in [1.29, 1.82) is 0 Å². The van der Waals surface area contributed by atoms with Gasteiger partial charge in [-0.1, -0.05) is 41.9 Å². The van der Waals surface area contributed by atoms with E-state index in [1.54, 1.807) is 36.4 Å². The summed E-state index contributed by atoms with van der Waals surface area (Å²) in [5.41, 5.74) is 1.72. The summed E-state index contributed by atoms with van der Waals surface area (Å²) in [6.07, 6.45) is 1.51. The van der Waals surface area contributed by atoms with Gasteiger partial charge in [0, 0.05) is 6.20 Å². The summed E-state index contributed by atoms with van der Waals surface area (Å²) in [6, 6.07) is 19.5. The van der Waals surface area contributed by atoms with E-state index in [0.29, 0.717) is 23.6 Å². The minimum atomic E-state index is -0.609. The van der Waals surface area contributed by atoms with Gasteiger partial charge >= 0.3 is 5.97 Å². The zero-order valence-electron chi connectivity index (χ0n) is 14.8. The quantitative estimate of drug-likeness (QED) is 0.480. The summed E-state index contributed by atoms with van der Waals surface area (Å²) in [4.78, 5) is 27.8. The molecule has 28 heavy (non-hydrogen) atoms. The molecule has 6 nitrogen and oxygen atoms in total. The van der Waals surface area contributed by atoms with Crippen molar-refractivity contribution in [1.82, 2.24) is 4.98 Å². The third-order valence-electron chi connectivity index (χ3n) is 3.71. The number of hydrogen-bond acceptors (Lipinski definition) is 5. The topological polar surface area (TPSA) is 77.5 Å². The van der Waals surface area contributed by atoms with Crippen LogP contribution in [0.15, 0.2) is 72.9 Å². The maximum Gasteiger partial charge on any atom is 0.338 e. The molecule has 0 aliphatic rings. The minimum absolute atomic E-state index is 0.160. The summed E-state index contributed by atoms with van der Waals surface area (Å²) in [7, 11) is 0. The van der Waals surface area contributed by atoms with Crippen LogP contribution in [-0.4, -0.2) is 23.5 Å². The summed E-state index contributed by atoms with van der Waals surface area (Å²) in [5.74, 6) is -0.488. The maximum atomic E-state index is 12.1. The third-order valence-corrected chi connectivity index (χ3v) is 4.01. The van der Waals surface area contributed by atoms with Gasteiger partial charge < -0.3 is 14.8 Å². The van der Waals surface area contributed by atoms with Crippen molar-refractivity contribution in [2.24, 2.45) is 0 Å². The van der Waals surface area contributed by atoms with E-state index in [1.807, 2.05) is 30.3 Å². The molecule has 0 aliphatic carbocycles. The fourth-order valence-corrected chi connectivity index (χ4v) is 2.47. The number of nitrogens with one attached hydrogen (secondary N) is 1. The molecule has 142 valence electrons. The maximum absolute atomic E-state index is 12.1. The Kier molecular flexibility index (Phi) is 6.59. The second-order valence-corrected chi connectivity index (χ2v) is 6.12. The molecule has 0 radical (unpaired) electrons. The monoisotopic (exact) mass is 396 g/mol. The van der Waals surface area contributed by atoms with E-state index >= 15 is 0 Å². The van der Waals surface area contributed by atoms with Crippen LogP contribution >= 0.6 is 11.6 Å². The number of hydrogen-bond donors (Lipinski definition) is 1. The molecule has 2 aromatic carbocycles. The Hall–Kier alpha value is -3.38. The predicted octanol–water partition coefficient (Wildman–Crippen LogP) is 4.11. The van der Waals surface area contributed by atoms with Gasteiger partial charge in [-0.25, -0.2) is 9.78 Å². The van der Waals surface area contributed by atoms with Gasteiger partial charge in [0.1, 0.15) is 12.4 Å². The Morgan fingerprint density at radius 3 is 2.43 bits per heavy atom. The lowest BCUT2D eigenvalue weighted by atomic mass is 10.2. The SMILES string of the molecule is O=C(COC(=O)c1ccc(OCc2ccccc2)cc1)Nc1cccnc1Cl. The minimum Gasteiger partial charge on any atom is -0.489 e. The molecule has 3 aromatic rings. The molecule has 1 heterocycles. The standard InChI is InChI=1S/C21H17ClN2O4/c22-20-18(7-4-12-23-20)24-19(25)14-28-21(26)16-8-10-17(11-9-16)27-13-15-5-2-1-3-6-15/h1-12H,13-14H2,(H,24,25). The van der Waals surface area contributed by atoms with E-state index in [0.717, 1.165) is 5.56 Å². The van der Waals surface area contributed by atoms with E-state index < -0.39 is 18.5 Å². The largest absolute Gasteiger partial charge is 0.489 e. The van der Waals surface area contributed by atoms with E-state index in [-0.39, 0.29) is 5.15 Å². The molecule has 1 amide bonds. The highest BCUT2D eigenvalue weighted by molar-refractivity contribution is 6.32. The molecule has 0 spiro atoms. The number of carbonyl (C=O) groups is 2. The van der Waals surface area contributed by atoms with E-state index in [4.69, 9.17) is 21.1 Å². The number of nitrogens with zero attached hydrogens (tertiary/aromatic N) is 1. The van der Waals surface area contributed by atoms with Gasteiger partial charge in [-0.3, -0.25) is 4.79 Å². The molecule has 1 aromatic heterocycles. The third kappa shape index (κ3) is 5.56. The Morgan fingerprint density at radius 1 is 0.964 bits per heavy atom. The normalized spacial score (nSPS) is 10.2. The summed E-state index contributed by atoms with van der Waals surface area (Å²) < 4.78 is 10.7. The number of carbonyl (C=O) groups excluding carboxylic acids is 2. The first kappa shape index (κ1) is 19.4. The molecule has 0 aliphatic heterocycles. The average Bonchev–Trinajstić information content (AvgIpc) is 2.73. The molecule has 0 fully saturated rings. The first-order chi connectivity index (χ1) is 13.6. The Labute approximate surface area is 167 Å². The summed E-state index contributed by atoms with van der Waals surface area (Å²) >= 11 is 5.86. The highest BCUT2D eigenvalue weighted by atomic mass is 35.5. The molecular weight excluding hydrogens is 380 g/mol. The van der Waals surface area contributed by atoms with Gasteiger partial charge in [0.05, 0.1) is 11.3 Å². The Balaban J connectivity index is 1.47. The van der Waals surface area contributed by atoms with Crippen molar-refractivity contribution < 1.29 is 19.1 Å².